The second kappa shape index (κ2) is 14.8. The van der Waals surface area contributed by atoms with E-state index in [2.05, 4.69) is 6.92 Å². The normalized spacial score (nSPS) is 12.2. The van der Waals surface area contributed by atoms with Gasteiger partial charge >= 0.3 is 49.7 Å². The minimum absolute atomic E-state index is 0. The Morgan fingerprint density at radius 2 is 1.32 bits per heavy atom. The number of carboxylic acid groups (broad SMARTS) is 2. The third-order valence-corrected chi connectivity index (χ3v) is 4.26. The molecule has 0 aliphatic carbocycles. The summed E-state index contributed by atoms with van der Waals surface area (Å²) in [7, 11) is 0. The van der Waals surface area contributed by atoms with Gasteiger partial charge in [0.1, 0.15) is 0 Å². The molecule has 1 unspecified atom stereocenters. The van der Waals surface area contributed by atoms with E-state index in [0.717, 1.165) is 19.3 Å². The van der Waals surface area contributed by atoms with Crippen LogP contribution in [-0.4, -0.2) is 59.9 Å². The van der Waals surface area contributed by atoms with Crippen molar-refractivity contribution in [3.8, 4) is 0 Å². The van der Waals surface area contributed by atoms with Crippen LogP contribution in [-0.2, 0) is 9.59 Å². The monoisotopic (exact) mass is 342 g/mol. The number of hydrogen-bond donors (Lipinski definition) is 2. The SMILES string of the molecule is CCCCCCCCCC(CC(C(=O)O)C(=O)O)C(C)C.[CaH2]. The van der Waals surface area contributed by atoms with Crippen molar-refractivity contribution in [2.24, 2.45) is 17.8 Å². The first-order valence-corrected chi connectivity index (χ1v) is 8.35. The van der Waals surface area contributed by atoms with Gasteiger partial charge in [0.15, 0.2) is 5.92 Å². The zero-order valence-corrected chi connectivity index (χ0v) is 13.8. The number of carboxylic acids is 2. The average Bonchev–Trinajstić information content (AvgIpc) is 2.39. The molecule has 0 aliphatic heterocycles. The summed E-state index contributed by atoms with van der Waals surface area (Å²) in [5, 5.41) is 18.0. The van der Waals surface area contributed by atoms with Crippen LogP contribution >= 0.6 is 0 Å². The van der Waals surface area contributed by atoms with Crippen molar-refractivity contribution >= 4 is 49.7 Å². The fourth-order valence-electron chi connectivity index (χ4n) is 2.70. The molecule has 1 atom stereocenters. The minimum atomic E-state index is -1.26. The molecule has 128 valence electrons. The molecule has 0 heterocycles. The van der Waals surface area contributed by atoms with E-state index in [1.165, 1.54) is 32.1 Å². The molecule has 0 aromatic rings. The van der Waals surface area contributed by atoms with Gasteiger partial charge in [0.05, 0.1) is 0 Å². The molecule has 0 rings (SSSR count). The van der Waals surface area contributed by atoms with Crippen LogP contribution in [0.2, 0.25) is 0 Å². The zero-order valence-electron chi connectivity index (χ0n) is 13.8. The first-order chi connectivity index (χ1) is 9.90. The molecular formula is C17H34CaO4. The van der Waals surface area contributed by atoms with E-state index < -0.39 is 17.9 Å². The molecule has 0 aliphatic rings. The van der Waals surface area contributed by atoms with Crippen LogP contribution in [0.3, 0.4) is 0 Å². The standard InChI is InChI=1S/C17H32O4.Ca.2H/c1-4-5-6-7-8-9-10-11-14(13(2)3)12-15(16(18)19)17(20)21;;;/h13-15H,4-12H2,1-3H3,(H,18,19)(H,20,21);;;. The first kappa shape index (κ1) is 24.5. The molecule has 0 radical (unpaired) electrons. The Labute approximate surface area is 165 Å². The van der Waals surface area contributed by atoms with Crippen molar-refractivity contribution in [2.45, 2.75) is 78.6 Å². The molecule has 0 amide bonds. The zero-order chi connectivity index (χ0) is 16.3. The molecule has 0 spiro atoms. The van der Waals surface area contributed by atoms with Crippen LogP contribution in [0, 0.1) is 17.8 Å². The van der Waals surface area contributed by atoms with Crippen molar-refractivity contribution < 1.29 is 19.8 Å². The number of hydrogen-bond acceptors (Lipinski definition) is 2. The van der Waals surface area contributed by atoms with E-state index in [4.69, 9.17) is 10.2 Å². The second-order valence-corrected chi connectivity index (χ2v) is 6.38. The number of unbranched alkanes of at least 4 members (excludes halogenated alkanes) is 6. The van der Waals surface area contributed by atoms with Gasteiger partial charge in [-0.15, -0.1) is 0 Å². The van der Waals surface area contributed by atoms with Gasteiger partial charge < -0.3 is 10.2 Å². The van der Waals surface area contributed by atoms with E-state index in [1.54, 1.807) is 0 Å². The predicted molar refractivity (Wildman–Crippen MR) is 92.9 cm³/mol. The van der Waals surface area contributed by atoms with Crippen LogP contribution in [0.1, 0.15) is 78.6 Å². The van der Waals surface area contributed by atoms with Gasteiger partial charge in [-0.2, -0.15) is 0 Å². The average molecular weight is 343 g/mol. The molecule has 0 saturated heterocycles. The van der Waals surface area contributed by atoms with E-state index >= 15 is 0 Å². The number of carbonyl (C=O) groups is 2. The Balaban J connectivity index is 0. The topological polar surface area (TPSA) is 74.6 Å². The van der Waals surface area contributed by atoms with Crippen molar-refractivity contribution in [3.63, 3.8) is 0 Å². The molecule has 0 saturated carbocycles. The fraction of sp³-hybridized carbons (Fsp3) is 0.882. The van der Waals surface area contributed by atoms with Crippen molar-refractivity contribution in [2.75, 3.05) is 0 Å². The van der Waals surface area contributed by atoms with E-state index in [1.807, 2.05) is 13.8 Å². The Kier molecular flexibility index (Phi) is 16.4. The van der Waals surface area contributed by atoms with E-state index in [9.17, 15) is 9.59 Å². The fourth-order valence-corrected chi connectivity index (χ4v) is 2.70. The third-order valence-electron chi connectivity index (χ3n) is 4.26. The molecule has 22 heavy (non-hydrogen) atoms. The van der Waals surface area contributed by atoms with Gasteiger partial charge in [0.2, 0.25) is 0 Å². The van der Waals surface area contributed by atoms with Crippen LogP contribution in [0.4, 0.5) is 0 Å². The summed E-state index contributed by atoms with van der Waals surface area (Å²) in [5.41, 5.74) is 0. The molecule has 0 aromatic carbocycles. The summed E-state index contributed by atoms with van der Waals surface area (Å²) in [6.45, 7) is 6.30. The number of rotatable bonds is 13. The maximum atomic E-state index is 11.0. The van der Waals surface area contributed by atoms with Crippen molar-refractivity contribution in [1.29, 1.82) is 0 Å². The summed E-state index contributed by atoms with van der Waals surface area (Å²) in [6.07, 6.45) is 9.76. The van der Waals surface area contributed by atoms with Crippen LogP contribution in [0.15, 0.2) is 0 Å². The van der Waals surface area contributed by atoms with Gasteiger partial charge in [-0.1, -0.05) is 72.1 Å². The van der Waals surface area contributed by atoms with Gasteiger partial charge in [-0.05, 0) is 18.3 Å². The summed E-state index contributed by atoms with van der Waals surface area (Å²) in [6, 6.07) is 0. The third kappa shape index (κ3) is 11.7. The molecule has 0 aromatic heterocycles. The van der Waals surface area contributed by atoms with Crippen molar-refractivity contribution in [1.82, 2.24) is 0 Å². The van der Waals surface area contributed by atoms with Gasteiger partial charge in [-0.3, -0.25) is 9.59 Å². The molecule has 4 nitrogen and oxygen atoms in total. The number of aliphatic carboxylic acids is 2. The Morgan fingerprint density at radius 3 is 1.73 bits per heavy atom. The van der Waals surface area contributed by atoms with E-state index in [-0.39, 0.29) is 50.1 Å². The van der Waals surface area contributed by atoms with Gasteiger partial charge in [-0.25, -0.2) is 0 Å². The van der Waals surface area contributed by atoms with Crippen LogP contribution in [0.25, 0.3) is 0 Å². The Morgan fingerprint density at radius 1 is 0.864 bits per heavy atom. The summed E-state index contributed by atoms with van der Waals surface area (Å²) in [4.78, 5) is 22.0. The molecule has 0 bridgehead atoms. The van der Waals surface area contributed by atoms with Gasteiger partial charge in [0.25, 0.3) is 0 Å². The molecule has 2 N–H and O–H groups in total. The Hall–Kier alpha value is 0.200. The molecule has 5 heteroatoms. The molecule has 0 fully saturated rings. The Bertz CT molecular complexity index is 291. The molecular weight excluding hydrogens is 308 g/mol. The predicted octanol–water partition coefficient (Wildman–Crippen LogP) is 3.66. The summed E-state index contributed by atoms with van der Waals surface area (Å²) in [5.74, 6) is -3.19. The van der Waals surface area contributed by atoms with Gasteiger partial charge in [0, 0.05) is 0 Å². The van der Waals surface area contributed by atoms with Crippen LogP contribution < -0.4 is 0 Å². The van der Waals surface area contributed by atoms with Crippen LogP contribution in [0.5, 0.6) is 0 Å². The summed E-state index contributed by atoms with van der Waals surface area (Å²) < 4.78 is 0. The first-order valence-electron chi connectivity index (χ1n) is 8.35. The maximum absolute atomic E-state index is 11.0. The van der Waals surface area contributed by atoms with E-state index in [0.29, 0.717) is 5.92 Å². The second-order valence-electron chi connectivity index (χ2n) is 6.38. The van der Waals surface area contributed by atoms with Crippen molar-refractivity contribution in [3.05, 3.63) is 0 Å². The quantitative estimate of drug-likeness (QED) is 0.304. The summed E-state index contributed by atoms with van der Waals surface area (Å²) >= 11 is 0.